The third-order valence-corrected chi connectivity index (χ3v) is 6.71. The number of carbonyl (C=O) groups is 1. The fourth-order valence-corrected chi connectivity index (χ4v) is 4.77. The Balaban J connectivity index is 1.43. The maximum absolute atomic E-state index is 14.1. The number of ether oxygens (including phenoxy) is 1. The van der Waals surface area contributed by atoms with Gasteiger partial charge in [0.25, 0.3) is 0 Å². The van der Waals surface area contributed by atoms with Crippen LogP contribution in [0, 0.1) is 5.82 Å². The number of nitrogens with one attached hydrogen (secondary N) is 1. The molecule has 0 aliphatic carbocycles. The second kappa shape index (κ2) is 10.6. The number of carbonyl (C=O) groups excluding carboxylic acids is 1. The molecule has 35 heavy (non-hydrogen) atoms. The van der Waals surface area contributed by atoms with Gasteiger partial charge in [-0.25, -0.2) is 27.8 Å². The Hall–Kier alpha value is -3.90. The highest BCUT2D eigenvalue weighted by Gasteiger charge is 2.29. The average Bonchev–Trinajstić information content (AvgIpc) is 3.26. The molecule has 0 aliphatic rings. The third-order valence-electron chi connectivity index (χ3n) is 5.21. The van der Waals surface area contributed by atoms with Gasteiger partial charge in [-0.2, -0.15) is 4.72 Å². The molecule has 4 aromatic rings. The van der Waals surface area contributed by atoms with Crippen LogP contribution in [0.1, 0.15) is 12.0 Å². The number of sulfonamides is 1. The lowest BCUT2D eigenvalue weighted by Crippen LogP contribution is -2.43. The Labute approximate surface area is 201 Å². The minimum Gasteiger partial charge on any atom is -0.464 e. The van der Waals surface area contributed by atoms with Gasteiger partial charge < -0.3 is 15.0 Å². The Morgan fingerprint density at radius 3 is 2.60 bits per heavy atom. The second-order valence-corrected chi connectivity index (χ2v) is 9.37. The van der Waals surface area contributed by atoms with E-state index in [1.807, 2.05) is 0 Å². The summed E-state index contributed by atoms with van der Waals surface area (Å²) in [4.78, 5) is 24.6. The summed E-state index contributed by atoms with van der Waals surface area (Å²) in [5, 5.41) is 0. The molecule has 0 saturated heterocycles. The number of hydrogen-bond donors (Lipinski definition) is 2. The van der Waals surface area contributed by atoms with E-state index in [1.54, 1.807) is 41.2 Å². The number of fused-ring (bicyclic) bond motifs is 1. The minimum atomic E-state index is -4.31. The number of rotatable bonds is 10. The van der Waals surface area contributed by atoms with E-state index in [4.69, 9.17) is 10.5 Å². The van der Waals surface area contributed by atoms with E-state index in [-0.39, 0.29) is 18.8 Å². The molecule has 0 bridgehead atoms. The number of aromatic nitrogens is 4. The van der Waals surface area contributed by atoms with E-state index in [0.717, 1.165) is 12.1 Å². The van der Waals surface area contributed by atoms with Gasteiger partial charge in [0.05, 0.1) is 12.9 Å². The van der Waals surface area contributed by atoms with Crippen LogP contribution in [0.15, 0.2) is 72.1 Å². The number of benzene rings is 2. The fourth-order valence-electron chi connectivity index (χ4n) is 3.51. The van der Waals surface area contributed by atoms with Crippen LogP contribution >= 0.6 is 0 Å². The molecule has 1 atom stereocenters. The highest BCUT2D eigenvalue weighted by Crippen LogP contribution is 2.16. The van der Waals surface area contributed by atoms with E-state index in [0.29, 0.717) is 29.7 Å². The molecule has 2 aromatic heterocycles. The zero-order valence-electron chi connectivity index (χ0n) is 18.5. The Morgan fingerprint density at radius 2 is 1.83 bits per heavy atom. The first-order valence-corrected chi connectivity index (χ1v) is 12.2. The van der Waals surface area contributed by atoms with Crippen molar-refractivity contribution in [3.05, 3.63) is 78.6 Å². The van der Waals surface area contributed by atoms with Gasteiger partial charge in [0.1, 0.15) is 28.6 Å². The maximum atomic E-state index is 14.1. The number of esters is 1. The predicted molar refractivity (Wildman–Crippen MR) is 126 cm³/mol. The second-order valence-electron chi connectivity index (χ2n) is 7.68. The molecule has 0 amide bonds. The molecule has 0 fully saturated rings. The van der Waals surface area contributed by atoms with Crippen LogP contribution in [0.25, 0.3) is 11.2 Å². The first-order valence-electron chi connectivity index (χ1n) is 10.7. The molecule has 2 aromatic carbocycles. The number of hydrogen-bond acceptors (Lipinski definition) is 8. The summed E-state index contributed by atoms with van der Waals surface area (Å²) in [6.45, 7) is 0.455. The largest absolute Gasteiger partial charge is 0.464 e. The molecule has 0 saturated carbocycles. The number of aryl methyl sites for hydroxylation is 1. The van der Waals surface area contributed by atoms with E-state index < -0.39 is 32.7 Å². The van der Waals surface area contributed by atoms with Gasteiger partial charge in [0.15, 0.2) is 11.5 Å². The van der Waals surface area contributed by atoms with Crippen molar-refractivity contribution in [3.63, 3.8) is 0 Å². The Morgan fingerprint density at radius 1 is 1.09 bits per heavy atom. The first kappa shape index (κ1) is 24.2. The van der Waals surface area contributed by atoms with E-state index in [2.05, 4.69) is 19.7 Å². The first-order chi connectivity index (χ1) is 16.8. The van der Waals surface area contributed by atoms with Crippen LogP contribution in [0.2, 0.25) is 0 Å². The van der Waals surface area contributed by atoms with Crippen LogP contribution in [0.5, 0.6) is 0 Å². The van der Waals surface area contributed by atoms with Gasteiger partial charge in [-0.3, -0.25) is 4.79 Å². The molecule has 182 valence electrons. The lowest BCUT2D eigenvalue weighted by atomic mass is 10.1. The summed E-state index contributed by atoms with van der Waals surface area (Å²) in [5.41, 5.74) is 7.54. The van der Waals surface area contributed by atoms with E-state index in [1.165, 1.54) is 18.5 Å². The molecule has 10 nitrogen and oxygen atoms in total. The van der Waals surface area contributed by atoms with Crippen LogP contribution in [0.4, 0.5) is 10.2 Å². The maximum Gasteiger partial charge on any atom is 0.324 e. The third kappa shape index (κ3) is 5.78. The van der Waals surface area contributed by atoms with Crippen molar-refractivity contribution in [1.29, 1.82) is 0 Å². The van der Waals surface area contributed by atoms with E-state index >= 15 is 0 Å². The number of anilines is 1. The molecule has 0 radical (unpaired) electrons. The van der Waals surface area contributed by atoms with Crippen LogP contribution in [-0.4, -0.2) is 46.6 Å². The quantitative estimate of drug-likeness (QED) is 0.250. The monoisotopic (exact) mass is 498 g/mol. The standard InChI is InChI=1S/C23H23FN6O4S/c24-17-9-4-5-10-19(17)35(32,33)29-18(13-16-7-2-1-3-8-16)23(31)34-12-6-11-30-15-28-20-21(25)26-14-27-22(20)30/h1-5,7-10,14-15,18,29H,6,11-13H2,(H2,25,26,27)/t18-/m0/s1. The number of nitrogens with two attached hydrogens (primary N) is 1. The van der Waals surface area contributed by atoms with E-state index in [9.17, 15) is 17.6 Å². The Bertz CT molecular complexity index is 1430. The molecule has 2 heterocycles. The van der Waals surface area contributed by atoms with Crippen molar-refractivity contribution in [1.82, 2.24) is 24.2 Å². The summed E-state index contributed by atoms with van der Waals surface area (Å²) in [6, 6.07) is 12.6. The summed E-state index contributed by atoms with van der Waals surface area (Å²) in [7, 11) is -4.31. The zero-order chi connectivity index (χ0) is 24.8. The van der Waals surface area contributed by atoms with Gasteiger partial charge in [-0.05, 0) is 30.5 Å². The van der Waals surface area contributed by atoms with Crippen LogP contribution in [0.3, 0.4) is 0 Å². The summed E-state index contributed by atoms with van der Waals surface area (Å²) in [5.74, 6) is -1.41. The zero-order valence-corrected chi connectivity index (χ0v) is 19.4. The molecule has 4 rings (SSSR count). The highest BCUT2D eigenvalue weighted by atomic mass is 32.2. The number of nitrogens with zero attached hydrogens (tertiary/aromatic N) is 4. The highest BCUT2D eigenvalue weighted by molar-refractivity contribution is 7.89. The smallest absolute Gasteiger partial charge is 0.324 e. The van der Waals surface area contributed by atoms with Gasteiger partial charge in [-0.15, -0.1) is 0 Å². The minimum absolute atomic E-state index is 0.0196. The van der Waals surface area contributed by atoms with Crippen molar-refractivity contribution >= 4 is 33.0 Å². The predicted octanol–water partition coefficient (Wildman–Crippen LogP) is 2.07. The average molecular weight is 499 g/mol. The van der Waals surface area contributed by atoms with Crippen molar-refractivity contribution < 1.29 is 22.3 Å². The topological polar surface area (TPSA) is 142 Å². The molecule has 0 spiro atoms. The van der Waals surface area contributed by atoms with Crippen molar-refractivity contribution in [2.75, 3.05) is 12.3 Å². The summed E-state index contributed by atoms with van der Waals surface area (Å²) in [6.07, 6.45) is 3.36. The molecule has 3 N–H and O–H groups in total. The van der Waals surface area contributed by atoms with Gasteiger partial charge in [-0.1, -0.05) is 42.5 Å². The van der Waals surface area contributed by atoms with Crippen LogP contribution < -0.4 is 10.5 Å². The molecule has 0 unspecified atom stereocenters. The van der Waals surface area contributed by atoms with Crippen molar-refractivity contribution in [2.45, 2.75) is 30.3 Å². The van der Waals surface area contributed by atoms with Crippen molar-refractivity contribution in [3.8, 4) is 0 Å². The fraction of sp³-hybridized carbons (Fsp3) is 0.217. The van der Waals surface area contributed by atoms with Gasteiger partial charge >= 0.3 is 5.97 Å². The van der Waals surface area contributed by atoms with Crippen LogP contribution in [-0.2, 0) is 32.5 Å². The molecule has 0 aliphatic heterocycles. The number of imidazole rings is 1. The van der Waals surface area contributed by atoms with Gasteiger partial charge in [0, 0.05) is 6.54 Å². The van der Waals surface area contributed by atoms with Crippen molar-refractivity contribution in [2.24, 2.45) is 0 Å². The molecule has 12 heteroatoms. The number of nitrogen functional groups attached to an aromatic ring is 1. The number of halogens is 1. The summed E-state index contributed by atoms with van der Waals surface area (Å²) >= 11 is 0. The van der Waals surface area contributed by atoms with Gasteiger partial charge in [0.2, 0.25) is 10.0 Å². The molecular weight excluding hydrogens is 475 g/mol. The Kier molecular flexibility index (Phi) is 7.32. The SMILES string of the molecule is Nc1ncnc2c1ncn2CCCOC(=O)[C@H](Cc1ccccc1)NS(=O)(=O)c1ccccc1F. The summed E-state index contributed by atoms with van der Waals surface area (Å²) < 4.78 is 49.2. The normalized spacial score (nSPS) is 12.5. The lowest BCUT2D eigenvalue weighted by molar-refractivity contribution is -0.145. The lowest BCUT2D eigenvalue weighted by Gasteiger charge is -2.18. The molecular formula is C23H23FN6O4S.